The van der Waals surface area contributed by atoms with Crippen LogP contribution >= 0.6 is 0 Å². The second-order valence-electron chi connectivity index (χ2n) is 4.72. The monoisotopic (exact) mass is 272 g/mol. The molecular weight excluding hydrogens is 252 g/mol. The van der Waals surface area contributed by atoms with Gasteiger partial charge in [-0.25, -0.2) is 4.98 Å². The molecule has 0 saturated heterocycles. The molecule has 4 nitrogen and oxygen atoms in total. The number of aryl methyl sites for hydroxylation is 1. The highest BCUT2D eigenvalue weighted by atomic mass is 16.5. The van der Waals surface area contributed by atoms with E-state index in [1.54, 1.807) is 0 Å². The smallest absolute Gasteiger partial charge is 0.222 e. The first kappa shape index (κ1) is 14.5. The van der Waals surface area contributed by atoms with Crippen molar-refractivity contribution in [2.45, 2.75) is 19.9 Å². The lowest BCUT2D eigenvalue weighted by molar-refractivity contribution is 0.299. The van der Waals surface area contributed by atoms with Gasteiger partial charge in [-0.1, -0.05) is 12.1 Å². The number of hydrogen-bond acceptors (Lipinski definition) is 4. The minimum absolute atomic E-state index is 0.161. The number of nitrogens with zero attached hydrogens (tertiary/aromatic N) is 1. The van der Waals surface area contributed by atoms with E-state index in [1.165, 1.54) is 0 Å². The molecule has 0 unspecified atom stereocenters. The van der Waals surface area contributed by atoms with Gasteiger partial charge in [0.25, 0.3) is 0 Å². The van der Waals surface area contributed by atoms with E-state index in [2.05, 4.69) is 16.4 Å². The molecule has 2 N–H and O–H groups in total. The summed E-state index contributed by atoms with van der Waals surface area (Å²) in [6.45, 7) is 2.94. The zero-order valence-corrected chi connectivity index (χ0v) is 11.9. The van der Waals surface area contributed by atoms with Crippen LogP contribution < -0.4 is 10.1 Å². The fourth-order valence-corrected chi connectivity index (χ4v) is 1.99. The maximum Gasteiger partial charge on any atom is 0.222 e. The van der Waals surface area contributed by atoms with Crippen molar-refractivity contribution in [2.75, 3.05) is 13.7 Å². The van der Waals surface area contributed by atoms with Crippen molar-refractivity contribution in [3.05, 3.63) is 53.2 Å². The van der Waals surface area contributed by atoms with Gasteiger partial charge in [-0.15, -0.1) is 0 Å². The van der Waals surface area contributed by atoms with Crippen molar-refractivity contribution >= 4 is 0 Å². The molecule has 0 atom stereocenters. The van der Waals surface area contributed by atoms with E-state index in [1.807, 2.05) is 44.4 Å². The molecule has 0 aliphatic rings. The summed E-state index contributed by atoms with van der Waals surface area (Å²) in [7, 11) is 1.91. The van der Waals surface area contributed by atoms with Crippen LogP contribution in [-0.4, -0.2) is 23.7 Å². The van der Waals surface area contributed by atoms with Crippen LogP contribution in [0.25, 0.3) is 0 Å². The second kappa shape index (κ2) is 7.03. The summed E-state index contributed by atoms with van der Waals surface area (Å²) in [4.78, 5) is 4.35. The number of ether oxygens (including phenoxy) is 1. The summed E-state index contributed by atoms with van der Waals surface area (Å²) in [5.41, 5.74) is 3.24. The summed E-state index contributed by atoms with van der Waals surface area (Å²) in [5.74, 6) is 1.38. The molecule has 2 rings (SSSR count). The van der Waals surface area contributed by atoms with Crippen LogP contribution in [0.2, 0.25) is 0 Å². The standard InChI is InChI=1S/C16H20N2O2/c1-12-9-14(10-17-2)11-18-16(12)20-15-5-3-13(4-6-15)7-8-19/h3-6,9,11,17,19H,7-8,10H2,1-2H3. The van der Waals surface area contributed by atoms with Crippen LogP contribution in [0, 0.1) is 6.92 Å². The Labute approximate surface area is 119 Å². The first-order chi connectivity index (χ1) is 9.72. The molecule has 0 spiro atoms. The SMILES string of the molecule is CNCc1cnc(Oc2ccc(CCO)cc2)c(C)c1. The highest BCUT2D eigenvalue weighted by Gasteiger charge is 2.04. The number of benzene rings is 1. The van der Waals surface area contributed by atoms with Crippen LogP contribution in [-0.2, 0) is 13.0 Å². The molecule has 1 aromatic carbocycles. The van der Waals surface area contributed by atoms with Gasteiger partial charge in [0, 0.05) is 24.9 Å². The van der Waals surface area contributed by atoms with Crippen LogP contribution in [0.4, 0.5) is 0 Å². The normalized spacial score (nSPS) is 10.6. The number of hydrogen-bond donors (Lipinski definition) is 2. The highest BCUT2D eigenvalue weighted by molar-refractivity contribution is 5.35. The second-order valence-corrected chi connectivity index (χ2v) is 4.72. The van der Waals surface area contributed by atoms with Crippen LogP contribution in [0.1, 0.15) is 16.7 Å². The Kier molecular flexibility index (Phi) is 5.09. The number of aliphatic hydroxyl groups excluding tert-OH is 1. The minimum Gasteiger partial charge on any atom is -0.439 e. The highest BCUT2D eigenvalue weighted by Crippen LogP contribution is 2.23. The number of nitrogens with one attached hydrogen (secondary N) is 1. The lowest BCUT2D eigenvalue weighted by Gasteiger charge is -2.09. The lowest BCUT2D eigenvalue weighted by Crippen LogP contribution is -2.06. The topological polar surface area (TPSA) is 54.4 Å². The van der Waals surface area contributed by atoms with Gasteiger partial charge in [-0.3, -0.25) is 0 Å². The van der Waals surface area contributed by atoms with E-state index in [0.717, 1.165) is 29.0 Å². The van der Waals surface area contributed by atoms with Gasteiger partial charge in [0.05, 0.1) is 0 Å². The Balaban J connectivity index is 2.09. The molecule has 0 aliphatic carbocycles. The van der Waals surface area contributed by atoms with Gasteiger partial charge in [-0.2, -0.15) is 0 Å². The molecule has 0 amide bonds. The van der Waals surface area contributed by atoms with Crippen molar-refractivity contribution in [3.63, 3.8) is 0 Å². The summed E-state index contributed by atoms with van der Waals surface area (Å²) in [6.07, 6.45) is 2.48. The molecule has 0 saturated carbocycles. The van der Waals surface area contributed by atoms with Crippen molar-refractivity contribution in [3.8, 4) is 11.6 Å². The van der Waals surface area contributed by atoms with E-state index in [0.29, 0.717) is 12.3 Å². The zero-order valence-electron chi connectivity index (χ0n) is 11.9. The predicted octanol–water partition coefficient (Wildman–Crippen LogP) is 2.44. The van der Waals surface area contributed by atoms with E-state index >= 15 is 0 Å². The minimum atomic E-state index is 0.161. The molecular formula is C16H20N2O2. The lowest BCUT2D eigenvalue weighted by atomic mass is 10.1. The third-order valence-electron chi connectivity index (χ3n) is 3.01. The molecule has 0 bridgehead atoms. The van der Waals surface area contributed by atoms with Crippen molar-refractivity contribution in [1.82, 2.24) is 10.3 Å². The van der Waals surface area contributed by atoms with Gasteiger partial charge in [0.15, 0.2) is 0 Å². The summed E-state index contributed by atoms with van der Waals surface area (Å²) in [5, 5.41) is 12.0. The van der Waals surface area contributed by atoms with Crippen LogP contribution in [0.5, 0.6) is 11.6 Å². The van der Waals surface area contributed by atoms with Gasteiger partial charge in [-0.05, 0) is 49.7 Å². The average molecular weight is 272 g/mol. The fourth-order valence-electron chi connectivity index (χ4n) is 1.99. The quantitative estimate of drug-likeness (QED) is 0.848. The Bertz CT molecular complexity index is 553. The van der Waals surface area contributed by atoms with Gasteiger partial charge < -0.3 is 15.2 Å². The Morgan fingerprint density at radius 3 is 2.55 bits per heavy atom. The number of pyridine rings is 1. The van der Waals surface area contributed by atoms with Crippen LogP contribution in [0.3, 0.4) is 0 Å². The largest absolute Gasteiger partial charge is 0.439 e. The maximum atomic E-state index is 8.88. The molecule has 4 heteroatoms. The maximum absolute atomic E-state index is 8.88. The van der Waals surface area contributed by atoms with E-state index in [-0.39, 0.29) is 6.61 Å². The number of aliphatic hydroxyl groups is 1. The number of rotatable bonds is 6. The molecule has 1 aromatic heterocycles. The van der Waals surface area contributed by atoms with Gasteiger partial charge >= 0.3 is 0 Å². The Hall–Kier alpha value is -1.91. The molecule has 106 valence electrons. The molecule has 20 heavy (non-hydrogen) atoms. The number of aromatic nitrogens is 1. The van der Waals surface area contributed by atoms with Gasteiger partial charge in [0.2, 0.25) is 5.88 Å². The molecule has 2 aromatic rings. The zero-order chi connectivity index (χ0) is 14.4. The Morgan fingerprint density at radius 2 is 1.95 bits per heavy atom. The summed E-state index contributed by atoms with van der Waals surface area (Å²) >= 11 is 0. The molecule has 1 heterocycles. The van der Waals surface area contributed by atoms with Crippen molar-refractivity contribution in [2.24, 2.45) is 0 Å². The molecule has 0 radical (unpaired) electrons. The first-order valence-electron chi connectivity index (χ1n) is 6.70. The van der Waals surface area contributed by atoms with E-state index in [4.69, 9.17) is 9.84 Å². The summed E-state index contributed by atoms with van der Waals surface area (Å²) < 4.78 is 5.78. The molecule has 0 aliphatic heterocycles. The fraction of sp³-hybridized carbons (Fsp3) is 0.312. The van der Waals surface area contributed by atoms with E-state index in [9.17, 15) is 0 Å². The third-order valence-corrected chi connectivity index (χ3v) is 3.01. The van der Waals surface area contributed by atoms with Crippen molar-refractivity contribution < 1.29 is 9.84 Å². The van der Waals surface area contributed by atoms with E-state index < -0.39 is 0 Å². The molecule has 0 fully saturated rings. The van der Waals surface area contributed by atoms with Crippen LogP contribution in [0.15, 0.2) is 36.5 Å². The Morgan fingerprint density at radius 1 is 1.20 bits per heavy atom. The van der Waals surface area contributed by atoms with Gasteiger partial charge in [0.1, 0.15) is 5.75 Å². The predicted molar refractivity (Wildman–Crippen MR) is 79.0 cm³/mol. The third kappa shape index (κ3) is 3.79. The summed E-state index contributed by atoms with van der Waals surface area (Å²) in [6, 6.07) is 9.77. The first-order valence-corrected chi connectivity index (χ1v) is 6.70. The van der Waals surface area contributed by atoms with Crippen molar-refractivity contribution in [1.29, 1.82) is 0 Å². The average Bonchev–Trinajstić information content (AvgIpc) is 2.44.